The lowest BCUT2D eigenvalue weighted by Crippen LogP contribution is -2.39. The maximum absolute atomic E-state index is 12.7. The quantitative estimate of drug-likeness (QED) is 0.905. The molecule has 3 heterocycles. The fraction of sp³-hybridized carbons (Fsp3) is 0.667. The molecule has 1 aromatic heterocycles. The zero-order valence-corrected chi connectivity index (χ0v) is 11.7. The molecular formula is C15H22N2O2. The van der Waals surface area contributed by atoms with Crippen molar-refractivity contribution in [1.82, 2.24) is 10.2 Å². The summed E-state index contributed by atoms with van der Waals surface area (Å²) in [6.07, 6.45) is 3.44. The van der Waals surface area contributed by atoms with Gasteiger partial charge in [0.05, 0.1) is 11.8 Å². The molecule has 3 rings (SSSR count). The Bertz CT molecular complexity index is 468. The topological polar surface area (TPSA) is 45.5 Å². The first-order valence-electron chi connectivity index (χ1n) is 7.34. The molecule has 0 aliphatic carbocycles. The molecule has 104 valence electrons. The van der Waals surface area contributed by atoms with Crippen LogP contribution in [0.3, 0.4) is 0 Å². The molecule has 1 amide bonds. The number of carbonyl (C=O) groups is 1. The molecule has 2 aliphatic rings. The van der Waals surface area contributed by atoms with Crippen LogP contribution in [0.25, 0.3) is 0 Å². The van der Waals surface area contributed by atoms with Gasteiger partial charge in [0, 0.05) is 32.1 Å². The summed E-state index contributed by atoms with van der Waals surface area (Å²) < 4.78 is 5.40. The SMILES string of the molecule is CCc1occc1C(=O)N1CC2CNCC2C1CC. The monoisotopic (exact) mass is 262 g/mol. The van der Waals surface area contributed by atoms with Gasteiger partial charge in [-0.3, -0.25) is 4.79 Å². The average molecular weight is 262 g/mol. The van der Waals surface area contributed by atoms with Gasteiger partial charge in [-0.05, 0) is 24.3 Å². The summed E-state index contributed by atoms with van der Waals surface area (Å²) in [5.41, 5.74) is 0.758. The number of nitrogens with zero attached hydrogens (tertiary/aromatic N) is 1. The second-order valence-electron chi connectivity index (χ2n) is 5.63. The third-order valence-corrected chi connectivity index (χ3v) is 4.69. The normalized spacial score (nSPS) is 29.8. The summed E-state index contributed by atoms with van der Waals surface area (Å²) in [6.45, 7) is 7.20. The molecule has 19 heavy (non-hydrogen) atoms. The number of likely N-dealkylation sites (tertiary alicyclic amines) is 1. The van der Waals surface area contributed by atoms with E-state index < -0.39 is 0 Å². The summed E-state index contributed by atoms with van der Waals surface area (Å²) >= 11 is 0. The fourth-order valence-electron chi connectivity index (χ4n) is 3.74. The highest BCUT2D eigenvalue weighted by Gasteiger charge is 2.45. The van der Waals surface area contributed by atoms with Crippen molar-refractivity contribution in [3.8, 4) is 0 Å². The number of nitrogens with one attached hydrogen (secondary N) is 1. The number of amides is 1. The van der Waals surface area contributed by atoms with Crippen molar-refractivity contribution >= 4 is 5.91 Å². The van der Waals surface area contributed by atoms with E-state index in [1.54, 1.807) is 6.26 Å². The minimum absolute atomic E-state index is 0.159. The van der Waals surface area contributed by atoms with Crippen LogP contribution in [0.2, 0.25) is 0 Å². The van der Waals surface area contributed by atoms with Crippen molar-refractivity contribution in [2.45, 2.75) is 32.7 Å². The second-order valence-corrected chi connectivity index (χ2v) is 5.63. The van der Waals surface area contributed by atoms with Gasteiger partial charge in [0.25, 0.3) is 5.91 Å². The minimum Gasteiger partial charge on any atom is -0.469 e. The molecule has 2 fully saturated rings. The van der Waals surface area contributed by atoms with Crippen molar-refractivity contribution < 1.29 is 9.21 Å². The molecule has 1 N–H and O–H groups in total. The van der Waals surface area contributed by atoms with Gasteiger partial charge in [-0.1, -0.05) is 13.8 Å². The van der Waals surface area contributed by atoms with E-state index in [0.717, 1.165) is 43.8 Å². The predicted molar refractivity (Wildman–Crippen MR) is 73.1 cm³/mol. The molecule has 0 saturated carbocycles. The van der Waals surface area contributed by atoms with Crippen LogP contribution < -0.4 is 5.32 Å². The van der Waals surface area contributed by atoms with Crippen LogP contribution >= 0.6 is 0 Å². The van der Waals surface area contributed by atoms with Gasteiger partial charge in [-0.2, -0.15) is 0 Å². The van der Waals surface area contributed by atoms with Gasteiger partial charge in [-0.25, -0.2) is 0 Å². The molecule has 0 bridgehead atoms. The van der Waals surface area contributed by atoms with Gasteiger partial charge in [0.1, 0.15) is 5.76 Å². The number of carbonyl (C=O) groups excluding carboxylic acids is 1. The summed E-state index contributed by atoms with van der Waals surface area (Å²) in [6, 6.07) is 2.20. The standard InChI is InChI=1S/C15H22N2O2/c1-3-13-12-8-16-7-10(12)9-17(13)15(18)11-5-6-19-14(11)4-2/h5-6,10,12-13,16H,3-4,7-9H2,1-2H3. The zero-order valence-electron chi connectivity index (χ0n) is 11.7. The zero-order chi connectivity index (χ0) is 13.4. The van der Waals surface area contributed by atoms with Crippen molar-refractivity contribution in [2.24, 2.45) is 11.8 Å². The van der Waals surface area contributed by atoms with Crippen LogP contribution in [-0.2, 0) is 6.42 Å². The van der Waals surface area contributed by atoms with E-state index >= 15 is 0 Å². The molecule has 0 aromatic carbocycles. The molecule has 4 nitrogen and oxygen atoms in total. The lowest BCUT2D eigenvalue weighted by atomic mass is 9.93. The molecule has 4 heteroatoms. The highest BCUT2D eigenvalue weighted by Crippen LogP contribution is 2.35. The van der Waals surface area contributed by atoms with Crippen molar-refractivity contribution in [3.63, 3.8) is 0 Å². The van der Waals surface area contributed by atoms with Gasteiger partial charge in [0.2, 0.25) is 0 Å². The number of hydrogen-bond acceptors (Lipinski definition) is 3. The Morgan fingerprint density at radius 1 is 1.47 bits per heavy atom. The first-order chi connectivity index (χ1) is 9.26. The van der Waals surface area contributed by atoms with E-state index in [1.807, 2.05) is 13.0 Å². The van der Waals surface area contributed by atoms with E-state index in [9.17, 15) is 4.79 Å². The van der Waals surface area contributed by atoms with Gasteiger partial charge < -0.3 is 14.6 Å². The number of rotatable bonds is 3. The minimum atomic E-state index is 0.159. The maximum Gasteiger partial charge on any atom is 0.257 e. The van der Waals surface area contributed by atoms with Crippen molar-refractivity contribution in [3.05, 3.63) is 23.7 Å². The van der Waals surface area contributed by atoms with Crippen LogP contribution in [-0.4, -0.2) is 36.5 Å². The Morgan fingerprint density at radius 3 is 3.05 bits per heavy atom. The molecule has 3 atom stereocenters. The van der Waals surface area contributed by atoms with Crippen molar-refractivity contribution in [1.29, 1.82) is 0 Å². The Balaban J connectivity index is 1.84. The number of fused-ring (bicyclic) bond motifs is 1. The van der Waals surface area contributed by atoms with E-state index in [4.69, 9.17) is 4.42 Å². The van der Waals surface area contributed by atoms with Crippen molar-refractivity contribution in [2.75, 3.05) is 19.6 Å². The first kappa shape index (κ1) is 12.7. The van der Waals surface area contributed by atoms with E-state index in [2.05, 4.69) is 17.1 Å². The highest BCUT2D eigenvalue weighted by atomic mass is 16.3. The predicted octanol–water partition coefficient (Wildman–Crippen LogP) is 1.91. The lowest BCUT2D eigenvalue weighted by molar-refractivity contribution is 0.0709. The van der Waals surface area contributed by atoms with Crippen LogP contribution in [0, 0.1) is 11.8 Å². The number of furan rings is 1. The molecule has 2 aliphatic heterocycles. The van der Waals surface area contributed by atoms with Gasteiger partial charge in [0.15, 0.2) is 0 Å². The Kier molecular flexibility index (Phi) is 3.35. The van der Waals surface area contributed by atoms with E-state index in [-0.39, 0.29) is 5.91 Å². The number of aryl methyl sites for hydroxylation is 1. The average Bonchev–Trinajstić information content (AvgIpc) is 3.11. The van der Waals surface area contributed by atoms with Crippen LogP contribution in [0.5, 0.6) is 0 Å². The molecular weight excluding hydrogens is 240 g/mol. The Labute approximate surface area is 114 Å². The van der Waals surface area contributed by atoms with Crippen LogP contribution in [0.1, 0.15) is 36.4 Å². The maximum atomic E-state index is 12.7. The molecule has 0 radical (unpaired) electrons. The third kappa shape index (κ3) is 1.98. The fourth-order valence-corrected chi connectivity index (χ4v) is 3.74. The summed E-state index contributed by atoms with van der Waals surface area (Å²) in [7, 11) is 0. The lowest BCUT2D eigenvalue weighted by Gasteiger charge is -2.26. The van der Waals surface area contributed by atoms with Crippen LogP contribution in [0.4, 0.5) is 0 Å². The van der Waals surface area contributed by atoms with Gasteiger partial charge in [-0.15, -0.1) is 0 Å². The Morgan fingerprint density at radius 2 is 2.32 bits per heavy atom. The molecule has 1 aromatic rings. The van der Waals surface area contributed by atoms with E-state index in [0.29, 0.717) is 17.9 Å². The summed E-state index contributed by atoms with van der Waals surface area (Å²) in [5, 5.41) is 3.45. The Hall–Kier alpha value is -1.29. The third-order valence-electron chi connectivity index (χ3n) is 4.69. The van der Waals surface area contributed by atoms with E-state index in [1.165, 1.54) is 0 Å². The summed E-state index contributed by atoms with van der Waals surface area (Å²) in [4.78, 5) is 14.8. The van der Waals surface area contributed by atoms with Gasteiger partial charge >= 0.3 is 0 Å². The number of hydrogen-bond donors (Lipinski definition) is 1. The van der Waals surface area contributed by atoms with Crippen LogP contribution in [0.15, 0.2) is 16.7 Å². The largest absolute Gasteiger partial charge is 0.469 e. The highest BCUT2D eigenvalue weighted by molar-refractivity contribution is 5.95. The molecule has 2 saturated heterocycles. The molecule has 3 unspecified atom stereocenters. The first-order valence-corrected chi connectivity index (χ1v) is 7.34. The molecule has 0 spiro atoms. The smallest absolute Gasteiger partial charge is 0.257 e. The second kappa shape index (κ2) is 5.00. The summed E-state index contributed by atoms with van der Waals surface area (Å²) in [5.74, 6) is 2.23.